The van der Waals surface area contributed by atoms with Gasteiger partial charge in [-0.2, -0.15) is 9.97 Å². The number of ether oxygens (including phenoxy) is 2. The summed E-state index contributed by atoms with van der Waals surface area (Å²) >= 11 is 0. The first kappa shape index (κ1) is 18.7. The summed E-state index contributed by atoms with van der Waals surface area (Å²) in [7, 11) is 1.44. The molecule has 0 radical (unpaired) electrons. The van der Waals surface area contributed by atoms with Crippen LogP contribution in [0.5, 0.6) is 5.88 Å². The number of methoxy groups -OCH3 is 1. The van der Waals surface area contributed by atoms with Crippen LogP contribution >= 0.6 is 0 Å². The van der Waals surface area contributed by atoms with E-state index in [1.54, 1.807) is 11.5 Å². The maximum Gasteiger partial charge on any atom is 0.246 e. The Kier molecular flexibility index (Phi) is 5.93. The third kappa shape index (κ3) is 3.88. The molecule has 4 N–H and O–H groups in total. The second kappa shape index (κ2) is 7.94. The second-order valence-corrected chi connectivity index (χ2v) is 5.31. The Morgan fingerprint density at radius 1 is 1.44 bits per heavy atom. The fourth-order valence-electron chi connectivity index (χ4n) is 2.33. The van der Waals surface area contributed by atoms with E-state index in [9.17, 15) is 10.2 Å². The summed E-state index contributed by atoms with van der Waals surface area (Å²) in [6.45, 7) is 2.73. The predicted molar refractivity (Wildman–Crippen MR) is 87.6 cm³/mol. The Bertz CT molecular complexity index is 775. The number of nitrogens with zero attached hydrogens (tertiary/aromatic N) is 7. The normalized spacial score (nSPS) is 16.0. The fraction of sp³-hybridized carbons (Fsp3) is 0.615. The van der Waals surface area contributed by atoms with Crippen LogP contribution in [0.2, 0.25) is 0 Å². The van der Waals surface area contributed by atoms with Crippen molar-refractivity contribution in [1.82, 2.24) is 19.5 Å². The maximum atomic E-state index is 10.2. The van der Waals surface area contributed by atoms with Crippen molar-refractivity contribution in [3.8, 4) is 5.88 Å². The van der Waals surface area contributed by atoms with Gasteiger partial charge in [-0.1, -0.05) is 12.0 Å². The largest absolute Gasteiger partial charge is 0.479 e. The first-order valence-electron chi connectivity index (χ1n) is 7.45. The summed E-state index contributed by atoms with van der Waals surface area (Å²) in [5, 5.41) is 23.1. The monoisotopic (exact) mass is 352 g/mol. The molecule has 12 heteroatoms. The first-order chi connectivity index (χ1) is 11.9. The summed E-state index contributed by atoms with van der Waals surface area (Å²) < 4.78 is 12.4. The Morgan fingerprint density at radius 2 is 2.16 bits per heavy atom. The summed E-state index contributed by atoms with van der Waals surface area (Å²) in [4.78, 5) is 14.9. The third-order valence-electron chi connectivity index (χ3n) is 3.65. The Labute approximate surface area is 142 Å². The van der Waals surface area contributed by atoms with Crippen LogP contribution < -0.4 is 10.5 Å². The van der Waals surface area contributed by atoms with Gasteiger partial charge in [-0.25, -0.2) is 4.98 Å². The lowest BCUT2D eigenvalue weighted by Crippen LogP contribution is -2.40. The van der Waals surface area contributed by atoms with Gasteiger partial charge in [0.15, 0.2) is 11.2 Å². The van der Waals surface area contributed by atoms with E-state index in [0.717, 1.165) is 0 Å². The number of nitrogens with two attached hydrogens (primary N) is 1. The lowest BCUT2D eigenvalue weighted by Gasteiger charge is -2.27. The highest BCUT2D eigenvalue weighted by molar-refractivity contribution is 5.77. The summed E-state index contributed by atoms with van der Waals surface area (Å²) in [6, 6.07) is -0.771. The molecule has 2 rings (SSSR count). The average Bonchev–Trinajstić information content (AvgIpc) is 3.02. The smallest absolute Gasteiger partial charge is 0.246 e. The van der Waals surface area contributed by atoms with Crippen LogP contribution in [0.3, 0.4) is 0 Å². The van der Waals surface area contributed by atoms with Gasteiger partial charge < -0.3 is 25.4 Å². The van der Waals surface area contributed by atoms with Crippen LogP contribution in [-0.4, -0.2) is 61.7 Å². The summed E-state index contributed by atoms with van der Waals surface area (Å²) in [6.07, 6.45) is -1.36. The third-order valence-corrected chi connectivity index (χ3v) is 3.65. The van der Waals surface area contributed by atoms with Gasteiger partial charge >= 0.3 is 0 Å². The van der Waals surface area contributed by atoms with Crippen LogP contribution in [0.1, 0.15) is 20.1 Å². The molecule has 4 atom stereocenters. The molecule has 2 aromatic heterocycles. The number of anilines is 1. The van der Waals surface area contributed by atoms with Crippen molar-refractivity contribution in [2.75, 3.05) is 19.5 Å². The predicted octanol–water partition coefficient (Wildman–Crippen LogP) is 0.373. The molecular weight excluding hydrogens is 332 g/mol. The lowest BCUT2D eigenvalue weighted by atomic mass is 10.1. The van der Waals surface area contributed by atoms with Crippen molar-refractivity contribution < 1.29 is 19.7 Å². The van der Waals surface area contributed by atoms with Crippen LogP contribution in [0.4, 0.5) is 5.95 Å². The lowest BCUT2D eigenvalue weighted by molar-refractivity contribution is -0.119. The zero-order chi connectivity index (χ0) is 18.6. The molecule has 0 fully saturated rings. The second-order valence-electron chi connectivity index (χ2n) is 5.31. The molecule has 136 valence electrons. The van der Waals surface area contributed by atoms with E-state index in [1.807, 2.05) is 0 Å². The molecule has 0 spiro atoms. The van der Waals surface area contributed by atoms with Crippen molar-refractivity contribution in [1.29, 1.82) is 0 Å². The van der Waals surface area contributed by atoms with E-state index in [2.05, 4.69) is 25.0 Å². The van der Waals surface area contributed by atoms with E-state index >= 15 is 0 Å². The minimum absolute atomic E-state index is 0.00835. The van der Waals surface area contributed by atoms with Gasteiger partial charge in [0.1, 0.15) is 12.3 Å². The number of hydrogen-bond donors (Lipinski definition) is 3. The summed E-state index contributed by atoms with van der Waals surface area (Å²) in [5.74, 6) is 0.234. The molecule has 0 amide bonds. The number of hydrogen-bond acceptors (Lipinski definition) is 9. The number of azide groups is 1. The molecule has 0 bridgehead atoms. The molecule has 0 saturated heterocycles. The van der Waals surface area contributed by atoms with Gasteiger partial charge in [0.25, 0.3) is 0 Å². The Hall–Kier alpha value is -2.66. The SMILES string of the molecule is COc1nc(N)nc2c1ncn2C(C)O[C@H](CO)[C@@H](O)C(C)N=[N+]=[N-]. The number of rotatable bonds is 8. The van der Waals surface area contributed by atoms with E-state index in [0.29, 0.717) is 11.2 Å². The molecule has 0 aliphatic heterocycles. The van der Waals surface area contributed by atoms with E-state index in [4.69, 9.17) is 20.7 Å². The Morgan fingerprint density at radius 3 is 2.76 bits per heavy atom. The summed E-state index contributed by atoms with van der Waals surface area (Å²) in [5.41, 5.74) is 14.9. The van der Waals surface area contributed by atoms with Crippen molar-refractivity contribution in [2.45, 2.75) is 38.3 Å². The number of imidazole rings is 1. The quantitative estimate of drug-likeness (QED) is 0.346. The zero-order valence-corrected chi connectivity index (χ0v) is 14.0. The van der Waals surface area contributed by atoms with Gasteiger partial charge in [-0.05, 0) is 12.5 Å². The van der Waals surface area contributed by atoms with Gasteiger partial charge in [0, 0.05) is 4.91 Å². The number of aliphatic hydroxyl groups excluding tert-OH is 2. The van der Waals surface area contributed by atoms with Gasteiger partial charge in [0.05, 0.1) is 32.2 Å². The van der Waals surface area contributed by atoms with Gasteiger partial charge in [0.2, 0.25) is 11.8 Å². The van der Waals surface area contributed by atoms with E-state index in [1.165, 1.54) is 20.4 Å². The van der Waals surface area contributed by atoms with Crippen LogP contribution in [0.25, 0.3) is 21.6 Å². The highest BCUT2D eigenvalue weighted by atomic mass is 16.5. The minimum atomic E-state index is -1.19. The molecule has 0 aliphatic rings. The van der Waals surface area contributed by atoms with Gasteiger partial charge in [-0.15, -0.1) is 0 Å². The number of nitrogen functional groups attached to an aromatic ring is 1. The number of aliphatic hydroxyl groups is 2. The average molecular weight is 352 g/mol. The van der Waals surface area contributed by atoms with Crippen molar-refractivity contribution in [2.24, 2.45) is 5.11 Å². The molecule has 0 aliphatic carbocycles. The molecule has 0 aromatic carbocycles. The molecule has 2 unspecified atom stereocenters. The van der Waals surface area contributed by atoms with Crippen molar-refractivity contribution >= 4 is 17.1 Å². The molecule has 2 aromatic rings. The van der Waals surface area contributed by atoms with E-state index < -0.39 is 31.1 Å². The van der Waals surface area contributed by atoms with Crippen LogP contribution in [0.15, 0.2) is 11.4 Å². The highest BCUT2D eigenvalue weighted by Gasteiger charge is 2.27. The molecule has 0 saturated carbocycles. The minimum Gasteiger partial charge on any atom is -0.479 e. The standard InChI is InChI=1S/C13H20N8O4/c1-6(19-20-15)10(23)8(4-22)25-7(2)21-5-16-9-11(21)17-13(14)18-12(9)24-3/h5-8,10,22-23H,4H2,1-3H3,(H2,14,17,18)/t6?,7?,8-,10+/m1/s1. The fourth-order valence-corrected chi connectivity index (χ4v) is 2.33. The number of fused-ring (bicyclic) bond motifs is 1. The topological polar surface area (TPSA) is 177 Å². The van der Waals surface area contributed by atoms with Crippen molar-refractivity contribution in [3.05, 3.63) is 16.8 Å². The molecule has 12 nitrogen and oxygen atoms in total. The molecule has 2 heterocycles. The van der Waals surface area contributed by atoms with Crippen LogP contribution in [0, 0.1) is 0 Å². The van der Waals surface area contributed by atoms with Gasteiger partial charge in [-0.3, -0.25) is 4.57 Å². The highest BCUT2D eigenvalue weighted by Crippen LogP contribution is 2.25. The molecule has 25 heavy (non-hydrogen) atoms. The first-order valence-corrected chi connectivity index (χ1v) is 7.45. The van der Waals surface area contributed by atoms with Crippen LogP contribution in [-0.2, 0) is 4.74 Å². The Balaban J connectivity index is 2.28. The number of aromatic nitrogens is 4. The van der Waals surface area contributed by atoms with Crippen molar-refractivity contribution in [3.63, 3.8) is 0 Å². The maximum absolute atomic E-state index is 10.2. The molecular formula is C13H20N8O4. The zero-order valence-electron chi connectivity index (χ0n) is 14.0. The van der Waals surface area contributed by atoms with E-state index in [-0.39, 0.29) is 11.8 Å².